The molecule has 0 bridgehead atoms. The van der Waals surface area contributed by atoms with Crippen LogP contribution in [0.5, 0.6) is 5.75 Å². The van der Waals surface area contributed by atoms with Gasteiger partial charge in [0, 0.05) is 5.02 Å². The van der Waals surface area contributed by atoms with E-state index in [4.69, 9.17) is 16.3 Å². The average Bonchev–Trinajstić information content (AvgIpc) is 3.10. The lowest BCUT2D eigenvalue weighted by atomic mass is 10.0. The number of para-hydroxylation sites is 1. The standard InChI is InChI=1S/C20H18ClN5O3/c1-12(29-15-5-3-2-4-6-15)18(28)23-19-24-20-22-17(27)11-16(26(20)25-19)13-7-9-14(21)10-8-13/h2-10,12,16H,11H2,1H3,(H2,22,23,24,25,27,28)/t12-,16-/m1/s1. The van der Waals surface area contributed by atoms with E-state index < -0.39 is 12.0 Å². The van der Waals surface area contributed by atoms with Crippen LogP contribution in [0.2, 0.25) is 5.02 Å². The summed E-state index contributed by atoms with van der Waals surface area (Å²) < 4.78 is 7.20. The highest BCUT2D eigenvalue weighted by Gasteiger charge is 2.30. The average molecular weight is 412 g/mol. The smallest absolute Gasteiger partial charge is 0.267 e. The number of carbonyl (C=O) groups is 2. The lowest BCUT2D eigenvalue weighted by Gasteiger charge is -2.23. The molecule has 0 radical (unpaired) electrons. The van der Waals surface area contributed by atoms with Crippen molar-refractivity contribution in [2.24, 2.45) is 0 Å². The van der Waals surface area contributed by atoms with Gasteiger partial charge in [0.25, 0.3) is 11.9 Å². The van der Waals surface area contributed by atoms with E-state index >= 15 is 0 Å². The predicted octanol–water partition coefficient (Wildman–Crippen LogP) is 3.27. The number of hydrogen-bond acceptors (Lipinski definition) is 5. The maximum Gasteiger partial charge on any atom is 0.267 e. The minimum absolute atomic E-state index is 0.0923. The Balaban J connectivity index is 1.51. The van der Waals surface area contributed by atoms with E-state index in [-0.39, 0.29) is 30.3 Å². The number of hydrogen-bond donors (Lipinski definition) is 2. The zero-order valence-corrected chi connectivity index (χ0v) is 16.3. The minimum atomic E-state index is -0.750. The van der Waals surface area contributed by atoms with Gasteiger partial charge in [0.15, 0.2) is 6.10 Å². The zero-order valence-electron chi connectivity index (χ0n) is 15.5. The molecular formula is C20H18ClN5O3. The Bertz CT molecular complexity index is 1040. The molecule has 1 aliphatic rings. The Morgan fingerprint density at radius 2 is 1.97 bits per heavy atom. The van der Waals surface area contributed by atoms with E-state index in [9.17, 15) is 9.59 Å². The molecule has 0 aliphatic carbocycles. The number of nitrogens with zero attached hydrogens (tertiary/aromatic N) is 3. The van der Waals surface area contributed by atoms with Crippen LogP contribution in [-0.4, -0.2) is 32.7 Å². The fourth-order valence-corrected chi connectivity index (χ4v) is 3.16. The largest absolute Gasteiger partial charge is 0.481 e. The number of aromatic nitrogens is 3. The van der Waals surface area contributed by atoms with Crippen LogP contribution in [0, 0.1) is 0 Å². The number of rotatable bonds is 5. The topological polar surface area (TPSA) is 98.1 Å². The molecule has 2 amide bonds. The number of benzene rings is 2. The van der Waals surface area contributed by atoms with Crippen molar-refractivity contribution < 1.29 is 14.3 Å². The molecule has 2 heterocycles. The molecule has 2 atom stereocenters. The van der Waals surface area contributed by atoms with Gasteiger partial charge in [-0.15, -0.1) is 5.10 Å². The maximum absolute atomic E-state index is 12.5. The third-order valence-corrected chi connectivity index (χ3v) is 4.72. The first-order valence-electron chi connectivity index (χ1n) is 9.04. The summed E-state index contributed by atoms with van der Waals surface area (Å²) in [6.45, 7) is 1.64. The van der Waals surface area contributed by atoms with Crippen molar-refractivity contribution in [3.63, 3.8) is 0 Å². The highest BCUT2D eigenvalue weighted by molar-refractivity contribution is 6.30. The number of ether oxygens (including phenoxy) is 1. The lowest BCUT2D eigenvalue weighted by molar-refractivity contribution is -0.122. The summed E-state index contributed by atoms with van der Waals surface area (Å²) in [5.74, 6) is 0.375. The zero-order chi connectivity index (χ0) is 20.4. The van der Waals surface area contributed by atoms with Gasteiger partial charge in [0.2, 0.25) is 11.9 Å². The van der Waals surface area contributed by atoms with Crippen LogP contribution in [0.25, 0.3) is 0 Å². The molecule has 0 fully saturated rings. The van der Waals surface area contributed by atoms with Crippen molar-refractivity contribution in [1.29, 1.82) is 0 Å². The molecule has 0 saturated heterocycles. The number of nitrogens with one attached hydrogen (secondary N) is 2. The van der Waals surface area contributed by atoms with E-state index in [2.05, 4.69) is 20.7 Å². The number of fused-ring (bicyclic) bond motifs is 1. The van der Waals surface area contributed by atoms with Crippen LogP contribution >= 0.6 is 11.6 Å². The second kappa shape index (κ2) is 7.92. The minimum Gasteiger partial charge on any atom is -0.481 e. The van der Waals surface area contributed by atoms with Gasteiger partial charge in [-0.1, -0.05) is 41.9 Å². The van der Waals surface area contributed by atoms with Gasteiger partial charge in [-0.05, 0) is 36.8 Å². The third kappa shape index (κ3) is 4.22. The van der Waals surface area contributed by atoms with Crippen LogP contribution in [0.1, 0.15) is 24.9 Å². The van der Waals surface area contributed by atoms with Crippen LogP contribution in [-0.2, 0) is 9.59 Å². The molecule has 1 aliphatic heterocycles. The van der Waals surface area contributed by atoms with Crippen LogP contribution in [0.3, 0.4) is 0 Å². The highest BCUT2D eigenvalue weighted by Crippen LogP contribution is 2.30. The van der Waals surface area contributed by atoms with Crippen LogP contribution < -0.4 is 15.4 Å². The Hall–Kier alpha value is -3.39. The highest BCUT2D eigenvalue weighted by atomic mass is 35.5. The molecule has 2 aromatic carbocycles. The van der Waals surface area contributed by atoms with E-state index in [0.29, 0.717) is 10.8 Å². The third-order valence-electron chi connectivity index (χ3n) is 4.47. The SMILES string of the molecule is C[C@@H](Oc1ccccc1)C(=O)Nc1nc2n(n1)[C@@H](c1ccc(Cl)cc1)CC(=O)N2. The second-order valence-corrected chi connectivity index (χ2v) is 7.02. The van der Waals surface area contributed by atoms with Gasteiger partial charge >= 0.3 is 0 Å². The quantitative estimate of drug-likeness (QED) is 0.671. The molecule has 2 N–H and O–H groups in total. The Labute approximate surface area is 171 Å². The fourth-order valence-electron chi connectivity index (χ4n) is 3.03. The van der Waals surface area contributed by atoms with Gasteiger partial charge in [-0.2, -0.15) is 4.98 Å². The fraction of sp³-hybridized carbons (Fsp3) is 0.200. The monoisotopic (exact) mass is 411 g/mol. The van der Waals surface area contributed by atoms with Crippen LogP contribution in [0.4, 0.5) is 11.9 Å². The summed E-state index contributed by atoms with van der Waals surface area (Å²) in [4.78, 5) is 28.8. The second-order valence-electron chi connectivity index (χ2n) is 6.59. The number of carbonyl (C=O) groups excluding carboxylic acids is 2. The van der Waals surface area contributed by atoms with Crippen molar-refractivity contribution >= 4 is 35.3 Å². The predicted molar refractivity (Wildman–Crippen MR) is 108 cm³/mol. The number of anilines is 2. The first-order chi connectivity index (χ1) is 14.0. The summed E-state index contributed by atoms with van der Waals surface area (Å²) in [5.41, 5.74) is 0.869. The van der Waals surface area contributed by atoms with Gasteiger partial charge < -0.3 is 4.74 Å². The molecule has 0 spiro atoms. The van der Waals surface area contributed by atoms with Crippen molar-refractivity contribution in [2.75, 3.05) is 10.6 Å². The summed E-state index contributed by atoms with van der Waals surface area (Å²) in [5, 5.41) is 10.3. The van der Waals surface area contributed by atoms with Crippen molar-refractivity contribution in [3.05, 3.63) is 65.2 Å². The van der Waals surface area contributed by atoms with Crippen molar-refractivity contribution in [2.45, 2.75) is 25.5 Å². The maximum atomic E-state index is 12.5. The molecule has 1 aromatic heterocycles. The van der Waals surface area contributed by atoms with E-state index in [1.54, 1.807) is 35.9 Å². The number of amides is 2. The first kappa shape index (κ1) is 18.9. The van der Waals surface area contributed by atoms with Gasteiger partial charge in [0.05, 0.1) is 12.5 Å². The lowest BCUT2D eigenvalue weighted by Crippen LogP contribution is -2.30. The van der Waals surface area contributed by atoms with Gasteiger partial charge in [0.1, 0.15) is 5.75 Å². The molecule has 3 aromatic rings. The molecule has 148 valence electrons. The van der Waals surface area contributed by atoms with E-state index in [1.807, 2.05) is 30.3 Å². The van der Waals surface area contributed by atoms with E-state index in [1.165, 1.54) is 0 Å². The molecule has 8 nitrogen and oxygen atoms in total. The van der Waals surface area contributed by atoms with Crippen molar-refractivity contribution in [1.82, 2.24) is 14.8 Å². The van der Waals surface area contributed by atoms with Gasteiger partial charge in [-0.25, -0.2) is 4.68 Å². The van der Waals surface area contributed by atoms with E-state index in [0.717, 1.165) is 5.56 Å². The Morgan fingerprint density at radius 3 is 2.69 bits per heavy atom. The normalized spacial score (nSPS) is 16.5. The Morgan fingerprint density at radius 1 is 1.24 bits per heavy atom. The summed E-state index contributed by atoms with van der Waals surface area (Å²) in [6, 6.07) is 15.9. The molecular weight excluding hydrogens is 394 g/mol. The molecule has 0 saturated carbocycles. The van der Waals surface area contributed by atoms with Gasteiger partial charge in [-0.3, -0.25) is 20.2 Å². The van der Waals surface area contributed by atoms with Crippen molar-refractivity contribution in [3.8, 4) is 5.75 Å². The Kier molecular flexibility index (Phi) is 5.18. The molecule has 0 unspecified atom stereocenters. The van der Waals surface area contributed by atoms with Crippen LogP contribution in [0.15, 0.2) is 54.6 Å². The summed E-state index contributed by atoms with van der Waals surface area (Å²) >= 11 is 5.96. The number of halogens is 1. The molecule has 29 heavy (non-hydrogen) atoms. The molecule has 9 heteroatoms. The summed E-state index contributed by atoms with van der Waals surface area (Å²) in [6.07, 6.45) is -0.543. The first-order valence-corrected chi connectivity index (χ1v) is 9.42. The summed E-state index contributed by atoms with van der Waals surface area (Å²) in [7, 11) is 0. The molecule has 4 rings (SSSR count).